The van der Waals surface area contributed by atoms with Gasteiger partial charge in [-0.1, -0.05) is 65.3 Å². The third kappa shape index (κ3) is 7.29. The fourth-order valence-electron chi connectivity index (χ4n) is 8.86. The van der Waals surface area contributed by atoms with Crippen LogP contribution in [0.25, 0.3) is 0 Å². The topological polar surface area (TPSA) is 25.8 Å². The van der Waals surface area contributed by atoms with Gasteiger partial charge in [-0.15, -0.1) is 28.3 Å². The standard InChI is InChI=1S/C35H47N2P2.C5H5.Fe/c1-33(2,3)30-18-27(22-39(34(4,5)6)32-25-14-23-13-24(16-25)17-26(32)15-23)31(19-30)35(38,28-9-7-11-36-20-28)29-10-8-12-37-21-29;1-2-4-5-3-1;/h7-12,18-21,23-26,32H,13-17,22,38H2,1-6H3;1-5H;/q-1;-5;. The van der Waals surface area contributed by atoms with E-state index < -0.39 is 0 Å². The maximum absolute atomic E-state index is 4.58. The minimum absolute atomic E-state index is 0. The van der Waals surface area contributed by atoms with E-state index in [9.17, 15) is 0 Å². The zero-order valence-corrected chi connectivity index (χ0v) is 31.2. The van der Waals surface area contributed by atoms with Crippen molar-refractivity contribution in [2.45, 2.75) is 101 Å². The molecule has 2 aromatic heterocycles. The van der Waals surface area contributed by atoms with Crippen molar-refractivity contribution in [1.82, 2.24) is 9.97 Å². The van der Waals surface area contributed by atoms with Gasteiger partial charge in [-0.3, -0.25) is 9.97 Å². The Labute approximate surface area is 287 Å². The number of aromatic nitrogens is 2. The molecule has 4 saturated carbocycles. The second-order valence-electron chi connectivity index (χ2n) is 15.9. The van der Waals surface area contributed by atoms with Gasteiger partial charge in [0.2, 0.25) is 0 Å². The minimum atomic E-state index is -0.385. The molecule has 4 aromatic rings. The van der Waals surface area contributed by atoms with E-state index in [4.69, 9.17) is 0 Å². The summed E-state index contributed by atoms with van der Waals surface area (Å²) in [7, 11) is 3.09. The Hall–Kier alpha value is -1.62. The molecule has 2 heterocycles. The first-order valence-electron chi connectivity index (χ1n) is 16.8. The molecule has 246 valence electrons. The van der Waals surface area contributed by atoms with E-state index >= 15 is 0 Å². The first kappa shape index (κ1) is 34.7. The van der Waals surface area contributed by atoms with Gasteiger partial charge in [-0.2, -0.15) is 11.6 Å². The van der Waals surface area contributed by atoms with Gasteiger partial charge in [0.05, 0.1) is 0 Å². The molecule has 2 aromatic carbocycles. The molecular weight excluding hydrogens is 626 g/mol. The van der Waals surface area contributed by atoms with Gasteiger partial charge in [0.1, 0.15) is 0 Å². The average molecular weight is 679 g/mol. The number of hydrogen-bond acceptors (Lipinski definition) is 2. The summed E-state index contributed by atoms with van der Waals surface area (Å²) in [6.07, 6.45) is 16.6. The Bertz CT molecular complexity index is 1400. The molecular formula is C40H52FeN2P2-6. The molecule has 2 nitrogen and oxygen atoms in total. The first-order chi connectivity index (χ1) is 20.9. The Kier molecular flexibility index (Phi) is 10.7. The SMILES string of the molecule is CC(C)(C)c1cc(C(P)(c2cccnc2)c2cccnc2)[c-](CP(C2C3CC4CC(C3)CC2C4)C(C)(C)C)c1.[Fe].[cH-]1[cH-][cH-][cH-][cH-]1. The van der Waals surface area contributed by atoms with Crippen molar-refractivity contribution in [2.75, 3.05) is 0 Å². The number of nitrogens with zero attached hydrogens (tertiary/aromatic N) is 2. The van der Waals surface area contributed by atoms with Crippen LogP contribution in [0.2, 0.25) is 0 Å². The van der Waals surface area contributed by atoms with E-state index in [2.05, 4.69) is 110 Å². The Morgan fingerprint density at radius 2 is 1.27 bits per heavy atom. The third-order valence-corrected chi connectivity index (χ3v) is 15.7. The van der Waals surface area contributed by atoms with E-state index in [-0.39, 0.29) is 35.6 Å². The van der Waals surface area contributed by atoms with Crippen LogP contribution in [0.15, 0.2) is 91.5 Å². The molecule has 4 aliphatic rings. The van der Waals surface area contributed by atoms with Gasteiger partial charge >= 0.3 is 0 Å². The van der Waals surface area contributed by atoms with Crippen LogP contribution in [0, 0.1) is 23.7 Å². The van der Waals surface area contributed by atoms with Gasteiger partial charge in [0.25, 0.3) is 0 Å². The second kappa shape index (κ2) is 13.9. The van der Waals surface area contributed by atoms with Crippen LogP contribution in [0.4, 0.5) is 0 Å². The Morgan fingerprint density at radius 1 is 0.778 bits per heavy atom. The quantitative estimate of drug-likeness (QED) is 0.115. The predicted octanol–water partition coefficient (Wildman–Crippen LogP) is 10.7. The third-order valence-electron chi connectivity index (χ3n) is 10.8. The number of pyridine rings is 2. The largest absolute Gasteiger partial charge is 0.748 e. The minimum Gasteiger partial charge on any atom is -0.748 e. The van der Waals surface area contributed by atoms with Gasteiger partial charge in [-0.05, 0) is 89.9 Å². The number of hydrogen-bond donors (Lipinski definition) is 0. The molecule has 2 unspecified atom stereocenters. The molecule has 4 bridgehead atoms. The summed E-state index contributed by atoms with van der Waals surface area (Å²) in [5.74, 6) is 3.98. The molecule has 0 amide bonds. The van der Waals surface area contributed by atoms with Gasteiger partial charge < -0.3 is 30.3 Å². The molecule has 4 aliphatic carbocycles. The van der Waals surface area contributed by atoms with Gasteiger partial charge in [0, 0.05) is 47.0 Å². The van der Waals surface area contributed by atoms with Crippen LogP contribution in [-0.2, 0) is 33.8 Å². The summed E-state index contributed by atoms with van der Waals surface area (Å²) < 4.78 is 0. The predicted molar refractivity (Wildman–Crippen MR) is 192 cm³/mol. The van der Waals surface area contributed by atoms with Gasteiger partial charge in [0.15, 0.2) is 0 Å². The van der Waals surface area contributed by atoms with E-state index in [1.165, 1.54) is 60.5 Å². The van der Waals surface area contributed by atoms with Crippen molar-refractivity contribution in [3.63, 3.8) is 0 Å². The van der Waals surface area contributed by atoms with Crippen LogP contribution in [0.5, 0.6) is 0 Å². The summed E-state index contributed by atoms with van der Waals surface area (Å²) in [5, 5.41) is -0.0533. The van der Waals surface area contributed by atoms with E-state index in [1.807, 2.05) is 42.7 Å². The zero-order valence-electron chi connectivity index (χ0n) is 28.1. The van der Waals surface area contributed by atoms with E-state index in [0.29, 0.717) is 5.16 Å². The molecule has 0 spiro atoms. The summed E-state index contributed by atoms with van der Waals surface area (Å²) in [6, 6.07) is 23.7. The van der Waals surface area contributed by atoms with Crippen molar-refractivity contribution < 1.29 is 17.1 Å². The second-order valence-corrected chi connectivity index (χ2v) is 20.0. The van der Waals surface area contributed by atoms with Crippen LogP contribution >= 0.6 is 17.2 Å². The maximum Gasteiger partial charge on any atom is 0.0397 e. The molecule has 4 fully saturated rings. The fourth-order valence-corrected chi connectivity index (χ4v) is 13.2. The Balaban J connectivity index is 0.000000609. The maximum atomic E-state index is 4.58. The summed E-state index contributed by atoms with van der Waals surface area (Å²) in [6.45, 7) is 14.7. The molecule has 8 rings (SSSR count). The first-order valence-corrected chi connectivity index (χ1v) is 19.0. The number of rotatable bonds is 6. The Morgan fingerprint density at radius 3 is 1.67 bits per heavy atom. The van der Waals surface area contributed by atoms with Crippen molar-refractivity contribution >= 4 is 17.2 Å². The molecule has 2 atom stereocenters. The van der Waals surface area contributed by atoms with E-state index in [1.54, 1.807) is 5.56 Å². The summed E-state index contributed by atoms with van der Waals surface area (Å²) in [5.41, 5.74) is 7.87. The average Bonchev–Trinajstić information content (AvgIpc) is 3.70. The zero-order chi connectivity index (χ0) is 31.1. The molecule has 5 heteroatoms. The van der Waals surface area contributed by atoms with Gasteiger partial charge in [-0.25, -0.2) is 6.07 Å². The van der Waals surface area contributed by atoms with E-state index in [0.717, 1.165) is 29.3 Å². The fraction of sp³-hybridized carbons (Fsp3) is 0.500. The van der Waals surface area contributed by atoms with Crippen molar-refractivity contribution in [1.29, 1.82) is 0 Å². The smallest absolute Gasteiger partial charge is 0.0397 e. The van der Waals surface area contributed by atoms with Crippen molar-refractivity contribution in [3.05, 3.63) is 119 Å². The molecule has 0 aliphatic heterocycles. The normalized spacial score (nSPS) is 24.8. The summed E-state index contributed by atoms with van der Waals surface area (Å²) >= 11 is 0. The van der Waals surface area contributed by atoms with Crippen LogP contribution in [-0.4, -0.2) is 20.8 Å². The van der Waals surface area contributed by atoms with Crippen LogP contribution in [0.3, 0.4) is 0 Å². The van der Waals surface area contributed by atoms with Crippen molar-refractivity contribution in [3.8, 4) is 0 Å². The molecule has 0 N–H and O–H groups in total. The molecule has 45 heavy (non-hydrogen) atoms. The van der Waals surface area contributed by atoms with Crippen LogP contribution < -0.4 is 0 Å². The van der Waals surface area contributed by atoms with Crippen LogP contribution in [0.1, 0.15) is 101 Å². The summed E-state index contributed by atoms with van der Waals surface area (Å²) in [4.78, 5) is 9.16. The monoisotopic (exact) mass is 678 g/mol. The van der Waals surface area contributed by atoms with Crippen molar-refractivity contribution in [2.24, 2.45) is 23.7 Å². The molecule has 0 saturated heterocycles. The molecule has 0 radical (unpaired) electrons.